The lowest BCUT2D eigenvalue weighted by atomic mass is 10.1. The lowest BCUT2D eigenvalue weighted by Crippen LogP contribution is -2.34. The predicted molar refractivity (Wildman–Crippen MR) is 89.5 cm³/mol. The van der Waals surface area contributed by atoms with E-state index in [9.17, 15) is 9.90 Å². The fraction of sp³-hybridized carbons (Fsp3) is 0.500. The molecule has 0 aliphatic rings. The highest BCUT2D eigenvalue weighted by molar-refractivity contribution is 5.95. The Morgan fingerprint density at radius 1 is 1.35 bits per heavy atom. The van der Waals surface area contributed by atoms with Gasteiger partial charge >= 0.3 is 0 Å². The zero-order chi connectivity index (χ0) is 17.1. The smallest absolute Gasteiger partial charge is 0.253 e. The van der Waals surface area contributed by atoms with Crippen LogP contribution in [0.25, 0.3) is 0 Å². The van der Waals surface area contributed by atoms with Crippen molar-refractivity contribution >= 4 is 5.91 Å². The quantitative estimate of drug-likeness (QED) is 0.856. The lowest BCUT2D eigenvalue weighted by Gasteiger charge is -2.17. The van der Waals surface area contributed by atoms with E-state index < -0.39 is 6.10 Å². The van der Waals surface area contributed by atoms with Gasteiger partial charge in [-0.15, -0.1) is 0 Å². The van der Waals surface area contributed by atoms with E-state index in [1.54, 1.807) is 12.1 Å². The van der Waals surface area contributed by atoms with E-state index in [2.05, 4.69) is 23.7 Å². The molecule has 2 aromatic heterocycles. The maximum Gasteiger partial charge on any atom is 0.253 e. The van der Waals surface area contributed by atoms with Gasteiger partial charge in [-0.05, 0) is 52.8 Å². The van der Waals surface area contributed by atoms with Gasteiger partial charge in [-0.1, -0.05) is 0 Å². The Morgan fingerprint density at radius 2 is 2.04 bits per heavy atom. The van der Waals surface area contributed by atoms with Crippen LogP contribution in [0.3, 0.4) is 0 Å². The normalized spacial score (nSPS) is 14.0. The molecule has 126 valence electrons. The van der Waals surface area contributed by atoms with E-state index in [0.29, 0.717) is 23.8 Å². The summed E-state index contributed by atoms with van der Waals surface area (Å²) in [7, 11) is 0. The summed E-state index contributed by atoms with van der Waals surface area (Å²) in [5.74, 6) is 0.410. The van der Waals surface area contributed by atoms with E-state index in [-0.39, 0.29) is 11.9 Å². The predicted octanol–water partition coefficient (Wildman–Crippen LogP) is 3.52. The van der Waals surface area contributed by atoms with Gasteiger partial charge in [-0.2, -0.15) is 0 Å². The van der Waals surface area contributed by atoms with Crippen molar-refractivity contribution in [2.75, 3.05) is 0 Å². The van der Waals surface area contributed by atoms with Crippen LogP contribution in [-0.2, 0) is 0 Å². The number of furan rings is 1. The highest BCUT2D eigenvalue weighted by Gasteiger charge is 2.20. The van der Waals surface area contributed by atoms with Gasteiger partial charge in [0, 0.05) is 29.9 Å². The van der Waals surface area contributed by atoms with Crippen LogP contribution in [-0.4, -0.2) is 21.6 Å². The maximum absolute atomic E-state index is 12.5. The van der Waals surface area contributed by atoms with E-state index in [1.807, 2.05) is 26.8 Å². The number of amides is 1. The number of aryl methyl sites for hydroxylation is 1. The molecule has 2 rings (SSSR count). The summed E-state index contributed by atoms with van der Waals surface area (Å²) in [5, 5.41) is 13.0. The number of hydrogen-bond donors (Lipinski definition) is 2. The molecule has 0 saturated heterocycles. The molecule has 2 aromatic rings. The van der Waals surface area contributed by atoms with Crippen LogP contribution in [0.1, 0.15) is 66.8 Å². The third-order valence-corrected chi connectivity index (χ3v) is 4.07. The van der Waals surface area contributed by atoms with Gasteiger partial charge in [0.2, 0.25) is 0 Å². The highest BCUT2D eigenvalue weighted by atomic mass is 16.4. The van der Waals surface area contributed by atoms with Crippen LogP contribution < -0.4 is 5.32 Å². The van der Waals surface area contributed by atoms with Crippen LogP contribution in [0.2, 0.25) is 0 Å². The number of carbonyl (C=O) groups is 1. The molecule has 0 bridgehead atoms. The van der Waals surface area contributed by atoms with Crippen molar-refractivity contribution in [3.05, 3.63) is 47.2 Å². The average Bonchev–Trinajstić information content (AvgIpc) is 3.06. The van der Waals surface area contributed by atoms with Crippen molar-refractivity contribution in [3.8, 4) is 0 Å². The topological polar surface area (TPSA) is 67.4 Å². The highest BCUT2D eigenvalue weighted by Crippen LogP contribution is 2.21. The van der Waals surface area contributed by atoms with Crippen molar-refractivity contribution in [2.24, 2.45) is 0 Å². The van der Waals surface area contributed by atoms with Crippen LogP contribution >= 0.6 is 0 Å². The maximum atomic E-state index is 12.5. The second-order valence-electron chi connectivity index (χ2n) is 6.39. The first-order valence-corrected chi connectivity index (χ1v) is 8.02. The van der Waals surface area contributed by atoms with Crippen molar-refractivity contribution < 1.29 is 14.3 Å². The Labute approximate surface area is 137 Å². The molecule has 2 N–H and O–H groups in total. The summed E-state index contributed by atoms with van der Waals surface area (Å²) in [6, 6.07) is 5.54. The van der Waals surface area contributed by atoms with Gasteiger partial charge in [0.1, 0.15) is 11.9 Å². The number of aliphatic hydroxyl groups excluding tert-OH is 1. The molecule has 1 amide bonds. The van der Waals surface area contributed by atoms with Gasteiger partial charge in [-0.25, -0.2) is 0 Å². The zero-order valence-corrected chi connectivity index (χ0v) is 14.5. The molecule has 23 heavy (non-hydrogen) atoms. The van der Waals surface area contributed by atoms with Crippen molar-refractivity contribution in [3.63, 3.8) is 0 Å². The Balaban J connectivity index is 2.03. The van der Waals surface area contributed by atoms with Crippen molar-refractivity contribution in [2.45, 2.75) is 59.2 Å². The number of carbonyl (C=O) groups excluding carboxylic acids is 1. The second kappa shape index (κ2) is 7.04. The van der Waals surface area contributed by atoms with E-state index in [4.69, 9.17) is 4.42 Å². The van der Waals surface area contributed by atoms with Crippen molar-refractivity contribution in [1.29, 1.82) is 0 Å². The Hall–Kier alpha value is -2.01. The minimum Gasteiger partial charge on any atom is -0.467 e. The van der Waals surface area contributed by atoms with Crippen LogP contribution in [0.15, 0.2) is 28.9 Å². The standard InChI is InChI=1S/C18H26N2O3/c1-11(2)20-13(4)10-15(14(20)5)18(22)19-12(3)9-16(21)17-7-6-8-23-17/h6-8,10-12,16,21H,9H2,1-5H3,(H,19,22). The van der Waals surface area contributed by atoms with Gasteiger partial charge in [0.25, 0.3) is 5.91 Å². The molecule has 0 aromatic carbocycles. The first kappa shape index (κ1) is 17.3. The lowest BCUT2D eigenvalue weighted by molar-refractivity contribution is 0.0902. The molecule has 2 atom stereocenters. The largest absolute Gasteiger partial charge is 0.467 e. The molecule has 2 heterocycles. The van der Waals surface area contributed by atoms with E-state index in [1.165, 1.54) is 6.26 Å². The van der Waals surface area contributed by atoms with Gasteiger partial charge in [0.05, 0.1) is 11.8 Å². The number of nitrogens with zero attached hydrogens (tertiary/aromatic N) is 1. The fourth-order valence-electron chi connectivity index (χ4n) is 3.09. The Kier molecular flexibility index (Phi) is 5.31. The number of aliphatic hydroxyl groups is 1. The molecular formula is C18H26N2O3. The molecule has 2 unspecified atom stereocenters. The summed E-state index contributed by atoms with van der Waals surface area (Å²) in [6.45, 7) is 10.1. The average molecular weight is 318 g/mol. The molecule has 0 fully saturated rings. The third kappa shape index (κ3) is 3.85. The van der Waals surface area contributed by atoms with Gasteiger partial charge in [0.15, 0.2) is 0 Å². The summed E-state index contributed by atoms with van der Waals surface area (Å²) in [5.41, 5.74) is 2.73. The van der Waals surface area contributed by atoms with Gasteiger partial charge < -0.3 is 19.4 Å². The third-order valence-electron chi connectivity index (χ3n) is 4.07. The molecule has 0 aliphatic carbocycles. The van der Waals surface area contributed by atoms with Crippen LogP contribution in [0, 0.1) is 13.8 Å². The monoisotopic (exact) mass is 318 g/mol. The summed E-state index contributed by atoms with van der Waals surface area (Å²) in [6.07, 6.45) is 1.22. The minimum atomic E-state index is -0.719. The Bertz CT molecular complexity index is 656. The number of hydrogen-bond acceptors (Lipinski definition) is 3. The summed E-state index contributed by atoms with van der Waals surface area (Å²) >= 11 is 0. The number of rotatable bonds is 6. The molecule has 5 nitrogen and oxygen atoms in total. The molecule has 0 saturated carbocycles. The zero-order valence-electron chi connectivity index (χ0n) is 14.5. The van der Waals surface area contributed by atoms with E-state index >= 15 is 0 Å². The van der Waals surface area contributed by atoms with Crippen LogP contribution in [0.4, 0.5) is 0 Å². The van der Waals surface area contributed by atoms with Crippen molar-refractivity contribution in [1.82, 2.24) is 9.88 Å². The first-order valence-electron chi connectivity index (χ1n) is 8.02. The molecular weight excluding hydrogens is 292 g/mol. The molecule has 5 heteroatoms. The van der Waals surface area contributed by atoms with Crippen LogP contribution in [0.5, 0.6) is 0 Å². The molecule has 0 aliphatic heterocycles. The minimum absolute atomic E-state index is 0.107. The Morgan fingerprint density at radius 3 is 2.57 bits per heavy atom. The summed E-state index contributed by atoms with van der Waals surface area (Å²) in [4.78, 5) is 12.5. The van der Waals surface area contributed by atoms with E-state index in [0.717, 1.165) is 11.4 Å². The SMILES string of the molecule is Cc1cc(C(=O)NC(C)CC(O)c2ccco2)c(C)n1C(C)C. The number of aromatic nitrogens is 1. The number of nitrogens with one attached hydrogen (secondary N) is 1. The summed E-state index contributed by atoms with van der Waals surface area (Å²) < 4.78 is 7.33. The molecule has 0 spiro atoms. The second-order valence-corrected chi connectivity index (χ2v) is 6.39. The van der Waals surface area contributed by atoms with Gasteiger partial charge in [-0.3, -0.25) is 4.79 Å². The molecule has 0 radical (unpaired) electrons. The fourth-order valence-corrected chi connectivity index (χ4v) is 3.09. The first-order chi connectivity index (χ1) is 10.8.